The first-order chi connectivity index (χ1) is 9.72. The van der Waals surface area contributed by atoms with Gasteiger partial charge in [-0.25, -0.2) is 4.39 Å². The third-order valence-corrected chi connectivity index (χ3v) is 3.50. The van der Waals surface area contributed by atoms with Gasteiger partial charge in [0.2, 0.25) is 0 Å². The molecule has 1 heterocycles. The molecule has 3 rings (SSSR count). The van der Waals surface area contributed by atoms with Crippen LogP contribution in [0, 0.1) is 17.1 Å². The lowest BCUT2D eigenvalue weighted by atomic mass is 9.92. The molecule has 0 aliphatic heterocycles. The molecule has 2 aromatic rings. The number of benzene rings is 1. The number of hydrogen-bond donors (Lipinski definition) is 0. The van der Waals surface area contributed by atoms with Crippen LogP contribution in [0.5, 0.6) is 0 Å². The Balaban J connectivity index is 2.24. The van der Waals surface area contributed by atoms with Crippen LogP contribution < -0.4 is 0 Å². The molecule has 1 aliphatic carbocycles. The van der Waals surface area contributed by atoms with E-state index in [0.29, 0.717) is 29.7 Å². The second-order valence-corrected chi connectivity index (χ2v) is 4.74. The van der Waals surface area contributed by atoms with Crippen LogP contribution in [-0.2, 0) is 13.0 Å². The van der Waals surface area contributed by atoms with E-state index in [1.165, 1.54) is 10.7 Å². The van der Waals surface area contributed by atoms with E-state index in [1.54, 1.807) is 18.2 Å². The summed E-state index contributed by atoms with van der Waals surface area (Å²) in [5, 5.41) is 13.1. The number of carbonyl (C=O) groups excluding carboxylic acids is 1. The smallest absolute Gasteiger partial charge is 0.166 e. The summed E-state index contributed by atoms with van der Waals surface area (Å²) in [4.78, 5) is 12.1. The number of hydrogen-bond acceptors (Lipinski definition) is 3. The van der Waals surface area contributed by atoms with Gasteiger partial charge in [-0.3, -0.25) is 9.48 Å². The second kappa shape index (κ2) is 4.89. The van der Waals surface area contributed by atoms with Crippen molar-refractivity contribution in [2.45, 2.75) is 25.8 Å². The first-order valence-electron chi connectivity index (χ1n) is 6.47. The average molecular weight is 269 g/mol. The predicted molar refractivity (Wildman–Crippen MR) is 70.5 cm³/mol. The number of aromatic nitrogens is 2. The highest BCUT2D eigenvalue weighted by atomic mass is 19.1. The van der Waals surface area contributed by atoms with E-state index in [1.807, 2.05) is 6.07 Å². The van der Waals surface area contributed by atoms with Gasteiger partial charge in [-0.05, 0) is 25.0 Å². The van der Waals surface area contributed by atoms with E-state index in [-0.39, 0.29) is 12.3 Å². The molecule has 0 saturated heterocycles. The molecule has 0 saturated carbocycles. The molecule has 5 heteroatoms. The lowest BCUT2D eigenvalue weighted by molar-refractivity contribution is 0.0972. The highest BCUT2D eigenvalue weighted by Crippen LogP contribution is 2.32. The molecule has 0 radical (unpaired) electrons. The van der Waals surface area contributed by atoms with Gasteiger partial charge < -0.3 is 0 Å². The van der Waals surface area contributed by atoms with Crippen molar-refractivity contribution in [1.29, 1.82) is 5.26 Å². The van der Waals surface area contributed by atoms with Crippen molar-refractivity contribution in [1.82, 2.24) is 9.78 Å². The standard InChI is InChI=1S/C15H12FN3O/c16-11-5-2-1-4-10(11)15-14-12(6-3-7-13(14)20)19(18-15)9-8-17/h1-2,4-5H,3,6-7,9H2. The van der Waals surface area contributed by atoms with E-state index in [9.17, 15) is 9.18 Å². The number of Topliss-reactive ketones (excluding diaryl/α,β-unsaturated/α-hetero) is 1. The summed E-state index contributed by atoms with van der Waals surface area (Å²) < 4.78 is 15.5. The third kappa shape index (κ3) is 1.90. The Kier molecular flexibility index (Phi) is 3.07. The van der Waals surface area contributed by atoms with Crippen molar-refractivity contribution in [3.63, 3.8) is 0 Å². The lowest BCUT2D eigenvalue weighted by Gasteiger charge is -2.12. The van der Waals surface area contributed by atoms with Crippen LogP contribution in [0.4, 0.5) is 4.39 Å². The van der Waals surface area contributed by atoms with Crippen LogP contribution in [0.2, 0.25) is 0 Å². The number of nitrogens with zero attached hydrogens (tertiary/aromatic N) is 3. The maximum absolute atomic E-state index is 13.9. The molecule has 4 nitrogen and oxygen atoms in total. The van der Waals surface area contributed by atoms with Crippen LogP contribution in [0.15, 0.2) is 24.3 Å². The molecular formula is C15H12FN3O. The van der Waals surface area contributed by atoms with Crippen LogP contribution in [0.25, 0.3) is 11.3 Å². The van der Waals surface area contributed by atoms with E-state index in [2.05, 4.69) is 5.10 Å². The Bertz CT molecular complexity index is 727. The zero-order valence-corrected chi connectivity index (χ0v) is 10.8. The van der Waals surface area contributed by atoms with E-state index in [0.717, 1.165) is 12.1 Å². The molecule has 0 unspecified atom stereocenters. The topological polar surface area (TPSA) is 58.7 Å². The fraction of sp³-hybridized carbons (Fsp3) is 0.267. The normalized spacial score (nSPS) is 13.9. The van der Waals surface area contributed by atoms with Crippen LogP contribution in [-0.4, -0.2) is 15.6 Å². The Labute approximate surface area is 115 Å². The van der Waals surface area contributed by atoms with Crippen molar-refractivity contribution in [3.8, 4) is 17.3 Å². The molecule has 1 aliphatic rings. The molecule has 0 bridgehead atoms. The van der Waals surface area contributed by atoms with Gasteiger partial charge in [0.15, 0.2) is 5.78 Å². The van der Waals surface area contributed by atoms with Gasteiger partial charge in [0.1, 0.15) is 18.1 Å². The minimum absolute atomic E-state index is 0.0197. The summed E-state index contributed by atoms with van der Waals surface area (Å²) in [6.45, 7) is 0.0735. The molecule has 100 valence electrons. The molecule has 0 amide bonds. The SMILES string of the molecule is N#CCn1nc(-c2ccccc2F)c2c1CCCC2=O. The first-order valence-corrected chi connectivity index (χ1v) is 6.47. The van der Waals surface area contributed by atoms with Crippen LogP contribution >= 0.6 is 0 Å². The summed E-state index contributed by atoms with van der Waals surface area (Å²) >= 11 is 0. The van der Waals surface area contributed by atoms with E-state index >= 15 is 0 Å². The number of carbonyl (C=O) groups is 1. The van der Waals surface area contributed by atoms with Crippen molar-refractivity contribution in [2.24, 2.45) is 0 Å². The minimum Gasteiger partial charge on any atom is -0.294 e. The van der Waals surface area contributed by atoms with Crippen LogP contribution in [0.1, 0.15) is 28.9 Å². The molecule has 0 N–H and O–H groups in total. The number of ketones is 1. The monoisotopic (exact) mass is 269 g/mol. The summed E-state index contributed by atoms with van der Waals surface area (Å²) in [5.74, 6) is -0.427. The minimum atomic E-state index is -0.407. The Morgan fingerprint density at radius 1 is 1.35 bits per heavy atom. The average Bonchev–Trinajstić information content (AvgIpc) is 2.80. The van der Waals surface area contributed by atoms with E-state index < -0.39 is 5.82 Å². The van der Waals surface area contributed by atoms with Gasteiger partial charge in [0.25, 0.3) is 0 Å². The van der Waals surface area contributed by atoms with Gasteiger partial charge >= 0.3 is 0 Å². The highest BCUT2D eigenvalue weighted by molar-refractivity contribution is 6.03. The maximum Gasteiger partial charge on any atom is 0.166 e. The first kappa shape index (κ1) is 12.5. The number of halogens is 1. The highest BCUT2D eigenvalue weighted by Gasteiger charge is 2.28. The fourth-order valence-electron chi connectivity index (χ4n) is 2.62. The summed E-state index contributed by atoms with van der Waals surface area (Å²) in [6.07, 6.45) is 1.90. The molecule has 0 fully saturated rings. The van der Waals surface area contributed by atoms with Gasteiger partial charge in [-0.2, -0.15) is 10.4 Å². The van der Waals surface area contributed by atoms with Crippen molar-refractivity contribution in [3.05, 3.63) is 41.3 Å². The molecule has 1 aromatic carbocycles. The quantitative estimate of drug-likeness (QED) is 0.842. The van der Waals surface area contributed by atoms with Crippen molar-refractivity contribution >= 4 is 5.78 Å². The second-order valence-electron chi connectivity index (χ2n) is 4.74. The number of nitriles is 1. The van der Waals surface area contributed by atoms with E-state index in [4.69, 9.17) is 5.26 Å². The third-order valence-electron chi connectivity index (χ3n) is 3.50. The van der Waals surface area contributed by atoms with Gasteiger partial charge in [0, 0.05) is 12.0 Å². The molecule has 1 aromatic heterocycles. The zero-order valence-electron chi connectivity index (χ0n) is 10.8. The lowest BCUT2D eigenvalue weighted by Crippen LogP contribution is -2.13. The molecule has 20 heavy (non-hydrogen) atoms. The predicted octanol–water partition coefficient (Wildman–Crippen LogP) is 2.73. The van der Waals surface area contributed by atoms with Crippen molar-refractivity contribution in [2.75, 3.05) is 0 Å². The molecule has 0 spiro atoms. The summed E-state index contributed by atoms with van der Waals surface area (Å²) in [5.41, 5.74) is 1.91. The maximum atomic E-state index is 13.9. The molecule has 0 atom stereocenters. The fourth-order valence-corrected chi connectivity index (χ4v) is 2.62. The zero-order chi connectivity index (χ0) is 14.1. The Hall–Kier alpha value is -2.48. The van der Waals surface area contributed by atoms with Crippen molar-refractivity contribution < 1.29 is 9.18 Å². The number of rotatable bonds is 2. The Morgan fingerprint density at radius 2 is 2.15 bits per heavy atom. The molecular weight excluding hydrogens is 257 g/mol. The summed E-state index contributed by atoms with van der Waals surface area (Å²) in [6, 6.07) is 8.28. The summed E-state index contributed by atoms with van der Waals surface area (Å²) in [7, 11) is 0. The Morgan fingerprint density at radius 3 is 2.90 bits per heavy atom. The van der Waals surface area contributed by atoms with Gasteiger partial charge in [0.05, 0.1) is 17.3 Å². The van der Waals surface area contributed by atoms with Gasteiger partial charge in [-0.1, -0.05) is 12.1 Å². The van der Waals surface area contributed by atoms with Gasteiger partial charge in [-0.15, -0.1) is 0 Å². The van der Waals surface area contributed by atoms with Crippen LogP contribution in [0.3, 0.4) is 0 Å². The number of fused-ring (bicyclic) bond motifs is 1. The largest absolute Gasteiger partial charge is 0.294 e.